The first-order valence-corrected chi connectivity index (χ1v) is 11.6. The number of para-hydroxylation sites is 1. The van der Waals surface area contributed by atoms with Gasteiger partial charge in [-0.1, -0.05) is 59.8 Å². The third-order valence-corrected chi connectivity index (χ3v) is 6.48. The van der Waals surface area contributed by atoms with Gasteiger partial charge in [0.2, 0.25) is 5.91 Å². The van der Waals surface area contributed by atoms with Crippen LogP contribution in [0, 0.1) is 12.8 Å². The molecule has 5 rings (SSSR count). The molecule has 1 aliphatic rings. The number of amides is 1. The lowest BCUT2D eigenvalue weighted by Crippen LogP contribution is -2.31. The van der Waals surface area contributed by atoms with Crippen LogP contribution >= 0.6 is 11.8 Å². The summed E-state index contributed by atoms with van der Waals surface area (Å²) in [5.41, 5.74) is 3.36. The number of carbonyl (C=O) groups excluding carboxylic acids is 1. The lowest BCUT2D eigenvalue weighted by molar-refractivity contribution is -0.119. The number of benzene rings is 2. The first-order chi connectivity index (χ1) is 15.6. The van der Waals surface area contributed by atoms with Crippen molar-refractivity contribution in [2.24, 2.45) is 5.92 Å². The van der Waals surface area contributed by atoms with Gasteiger partial charge in [-0.3, -0.25) is 9.59 Å². The van der Waals surface area contributed by atoms with Crippen molar-refractivity contribution in [2.45, 2.75) is 31.0 Å². The smallest absolute Gasteiger partial charge is 0.262 e. The van der Waals surface area contributed by atoms with Crippen LogP contribution in [0.1, 0.15) is 30.0 Å². The van der Waals surface area contributed by atoms with Gasteiger partial charge in [0, 0.05) is 0 Å². The van der Waals surface area contributed by atoms with E-state index in [1.54, 1.807) is 4.68 Å². The van der Waals surface area contributed by atoms with E-state index in [2.05, 4.69) is 51.6 Å². The van der Waals surface area contributed by atoms with Crippen molar-refractivity contribution in [1.82, 2.24) is 25.1 Å². The lowest BCUT2D eigenvalue weighted by Gasteiger charge is -2.19. The van der Waals surface area contributed by atoms with Gasteiger partial charge in [0.05, 0.1) is 23.7 Å². The molecule has 162 valence electrons. The molecule has 1 amide bonds. The third kappa shape index (κ3) is 4.31. The normalized spacial score (nSPS) is 14.4. The molecule has 0 spiro atoms. The molecule has 1 fully saturated rings. The Labute approximate surface area is 189 Å². The van der Waals surface area contributed by atoms with Crippen LogP contribution < -0.4 is 10.9 Å². The standard InChI is InChI=1S/C24H23N5O2S/c1-15-7-9-16(10-8-15)21(17-11-12-17)26-20(30)14-32-24-27-22-19(23(31)28-24)13-25-29(22)18-5-3-2-4-6-18/h2-10,13,17,21H,11-12,14H2,1H3,(H,26,30)(H,27,28,31). The Hall–Kier alpha value is -3.39. The van der Waals surface area contributed by atoms with Crippen LogP contribution in [-0.2, 0) is 4.79 Å². The van der Waals surface area contributed by atoms with Crippen molar-refractivity contribution < 1.29 is 4.79 Å². The number of hydrogen-bond acceptors (Lipinski definition) is 5. The van der Waals surface area contributed by atoms with Crippen molar-refractivity contribution in [3.8, 4) is 5.69 Å². The van der Waals surface area contributed by atoms with Crippen LogP contribution in [-0.4, -0.2) is 31.4 Å². The average Bonchev–Trinajstić information content (AvgIpc) is 3.56. The van der Waals surface area contributed by atoms with Gasteiger partial charge in [-0.05, 0) is 43.4 Å². The van der Waals surface area contributed by atoms with Crippen molar-refractivity contribution in [1.29, 1.82) is 0 Å². The molecular formula is C24H23N5O2S. The minimum atomic E-state index is -0.268. The van der Waals surface area contributed by atoms with Crippen molar-refractivity contribution in [3.63, 3.8) is 0 Å². The molecule has 1 aliphatic carbocycles. The van der Waals surface area contributed by atoms with E-state index < -0.39 is 0 Å². The maximum absolute atomic E-state index is 12.7. The SMILES string of the molecule is Cc1ccc(C(NC(=O)CSc2nc3c(cnn3-c3ccccc3)c(=O)[nH]2)C2CC2)cc1. The summed E-state index contributed by atoms with van der Waals surface area (Å²) in [6.45, 7) is 2.06. The van der Waals surface area contributed by atoms with E-state index in [0.29, 0.717) is 22.1 Å². The monoisotopic (exact) mass is 445 g/mol. The fraction of sp³-hybridized carbons (Fsp3) is 0.250. The van der Waals surface area contributed by atoms with Crippen molar-refractivity contribution in [3.05, 3.63) is 82.3 Å². The Morgan fingerprint density at radius 1 is 1.19 bits per heavy atom. The van der Waals surface area contributed by atoms with Gasteiger partial charge in [0.15, 0.2) is 10.8 Å². The van der Waals surface area contributed by atoms with E-state index in [1.807, 2.05) is 30.3 Å². The molecule has 7 nitrogen and oxygen atoms in total. The molecule has 0 bridgehead atoms. The molecule has 2 heterocycles. The summed E-state index contributed by atoms with van der Waals surface area (Å²) in [5, 5.41) is 8.30. The van der Waals surface area contributed by atoms with Crippen LogP contribution in [0.25, 0.3) is 16.7 Å². The maximum Gasteiger partial charge on any atom is 0.262 e. The van der Waals surface area contributed by atoms with Gasteiger partial charge >= 0.3 is 0 Å². The largest absolute Gasteiger partial charge is 0.348 e. The summed E-state index contributed by atoms with van der Waals surface area (Å²) in [7, 11) is 0. The first-order valence-electron chi connectivity index (χ1n) is 10.6. The Balaban J connectivity index is 1.32. The Morgan fingerprint density at radius 2 is 1.94 bits per heavy atom. The number of nitrogens with one attached hydrogen (secondary N) is 2. The minimum absolute atomic E-state index is 0.0256. The predicted octanol–water partition coefficient (Wildman–Crippen LogP) is 3.78. The number of fused-ring (bicyclic) bond motifs is 1. The maximum atomic E-state index is 12.7. The van der Waals surface area contributed by atoms with Crippen LogP contribution in [0.5, 0.6) is 0 Å². The number of H-pyrrole nitrogens is 1. The highest BCUT2D eigenvalue weighted by molar-refractivity contribution is 7.99. The van der Waals surface area contributed by atoms with Gasteiger partial charge in [-0.25, -0.2) is 9.67 Å². The van der Waals surface area contributed by atoms with E-state index in [9.17, 15) is 9.59 Å². The van der Waals surface area contributed by atoms with E-state index in [1.165, 1.54) is 23.5 Å². The third-order valence-electron chi connectivity index (χ3n) is 5.60. The molecule has 1 atom stereocenters. The zero-order chi connectivity index (χ0) is 22.1. The number of carbonyl (C=O) groups is 1. The Morgan fingerprint density at radius 3 is 2.66 bits per heavy atom. The molecule has 2 aromatic carbocycles. The quantitative estimate of drug-likeness (QED) is 0.334. The zero-order valence-corrected chi connectivity index (χ0v) is 18.4. The zero-order valence-electron chi connectivity index (χ0n) is 17.6. The number of thioether (sulfide) groups is 1. The molecule has 0 saturated heterocycles. The summed E-state index contributed by atoms with van der Waals surface area (Å²) in [6.07, 6.45) is 3.76. The van der Waals surface area contributed by atoms with E-state index >= 15 is 0 Å². The van der Waals surface area contributed by atoms with Crippen LogP contribution in [0.2, 0.25) is 0 Å². The number of rotatable bonds is 7. The fourth-order valence-corrected chi connectivity index (χ4v) is 4.42. The molecule has 1 unspecified atom stereocenters. The molecule has 2 aromatic heterocycles. The number of hydrogen-bond donors (Lipinski definition) is 2. The number of aromatic nitrogens is 4. The Kier molecular flexibility index (Phi) is 5.53. The summed E-state index contributed by atoms with van der Waals surface area (Å²) < 4.78 is 1.63. The minimum Gasteiger partial charge on any atom is -0.348 e. The van der Waals surface area contributed by atoms with Crippen molar-refractivity contribution in [2.75, 3.05) is 5.75 Å². The number of aromatic amines is 1. The second-order valence-corrected chi connectivity index (χ2v) is 9.05. The molecule has 0 aliphatic heterocycles. The summed E-state index contributed by atoms with van der Waals surface area (Å²) in [6, 6.07) is 17.9. The highest BCUT2D eigenvalue weighted by Gasteiger charge is 2.33. The van der Waals surface area contributed by atoms with E-state index in [4.69, 9.17) is 0 Å². The van der Waals surface area contributed by atoms with Gasteiger partial charge < -0.3 is 10.3 Å². The summed E-state index contributed by atoms with van der Waals surface area (Å²) in [5.74, 6) is 0.580. The second kappa shape index (κ2) is 8.63. The average molecular weight is 446 g/mol. The number of nitrogens with zero attached hydrogens (tertiary/aromatic N) is 3. The van der Waals surface area contributed by atoms with Gasteiger partial charge in [0.25, 0.3) is 5.56 Å². The lowest BCUT2D eigenvalue weighted by atomic mass is 10.0. The van der Waals surface area contributed by atoms with Crippen LogP contribution in [0.4, 0.5) is 0 Å². The van der Waals surface area contributed by atoms with E-state index in [0.717, 1.165) is 24.1 Å². The molecule has 4 aromatic rings. The molecule has 2 N–H and O–H groups in total. The van der Waals surface area contributed by atoms with Crippen LogP contribution in [0.15, 0.2) is 70.7 Å². The predicted molar refractivity (Wildman–Crippen MR) is 125 cm³/mol. The van der Waals surface area contributed by atoms with Gasteiger partial charge in [0.1, 0.15) is 5.39 Å². The summed E-state index contributed by atoms with van der Waals surface area (Å²) in [4.78, 5) is 32.6. The fourth-order valence-electron chi connectivity index (χ4n) is 3.75. The molecule has 1 saturated carbocycles. The topological polar surface area (TPSA) is 92.7 Å². The van der Waals surface area contributed by atoms with Gasteiger partial charge in [-0.2, -0.15) is 5.10 Å². The van der Waals surface area contributed by atoms with Crippen molar-refractivity contribution >= 4 is 28.7 Å². The summed E-state index contributed by atoms with van der Waals surface area (Å²) >= 11 is 1.22. The molecule has 0 radical (unpaired) electrons. The van der Waals surface area contributed by atoms with E-state index in [-0.39, 0.29) is 23.3 Å². The highest BCUT2D eigenvalue weighted by atomic mass is 32.2. The molecular weight excluding hydrogens is 422 g/mol. The number of aryl methyl sites for hydroxylation is 1. The Bertz CT molecular complexity index is 1310. The van der Waals surface area contributed by atoms with Crippen LogP contribution in [0.3, 0.4) is 0 Å². The molecule has 8 heteroatoms. The first kappa shape index (κ1) is 20.5. The van der Waals surface area contributed by atoms with Gasteiger partial charge in [-0.15, -0.1) is 0 Å². The highest BCUT2D eigenvalue weighted by Crippen LogP contribution is 2.41. The second-order valence-electron chi connectivity index (χ2n) is 8.08. The molecule has 32 heavy (non-hydrogen) atoms.